The number of hydrogen-bond acceptors (Lipinski definition) is 2. The second kappa shape index (κ2) is 6.19. The lowest BCUT2D eigenvalue weighted by molar-refractivity contribution is -0.146. The van der Waals surface area contributed by atoms with Gasteiger partial charge in [0.2, 0.25) is 11.8 Å². The Morgan fingerprint density at radius 1 is 1.37 bits per heavy atom. The molecule has 0 saturated carbocycles. The molecule has 2 amide bonds. The molecule has 1 atom stereocenters. The molecule has 1 N–H and O–H groups in total. The van der Waals surface area contributed by atoms with E-state index in [9.17, 15) is 9.59 Å². The molecule has 0 radical (unpaired) electrons. The minimum atomic E-state index is -0.349. The Bertz CT molecular complexity index is 490. The summed E-state index contributed by atoms with van der Waals surface area (Å²) in [5.41, 5.74) is 1.02. The molecule has 5 heteroatoms. The smallest absolute Gasteiger partial charge is 0.243 e. The Morgan fingerprint density at radius 3 is 2.79 bits per heavy atom. The molecule has 1 saturated heterocycles. The molecule has 0 aliphatic carbocycles. The SMILES string of the molecule is CCCC1C(=O)NCC(=O)N1Cc1ccccc1Br. The van der Waals surface area contributed by atoms with Crippen LogP contribution in [0.4, 0.5) is 0 Å². The Morgan fingerprint density at radius 2 is 2.11 bits per heavy atom. The number of halogens is 1. The lowest BCUT2D eigenvalue weighted by Gasteiger charge is -2.35. The van der Waals surface area contributed by atoms with E-state index in [1.54, 1.807) is 4.90 Å². The van der Waals surface area contributed by atoms with Crippen molar-refractivity contribution in [1.82, 2.24) is 10.2 Å². The minimum Gasteiger partial charge on any atom is -0.345 e. The zero-order chi connectivity index (χ0) is 13.8. The largest absolute Gasteiger partial charge is 0.345 e. The van der Waals surface area contributed by atoms with Crippen LogP contribution >= 0.6 is 15.9 Å². The predicted octanol–water partition coefficient (Wildman–Crippen LogP) is 2.08. The van der Waals surface area contributed by atoms with Gasteiger partial charge in [-0.3, -0.25) is 9.59 Å². The van der Waals surface area contributed by atoms with Crippen LogP contribution in [0.2, 0.25) is 0 Å². The zero-order valence-corrected chi connectivity index (χ0v) is 12.4. The van der Waals surface area contributed by atoms with Crippen LogP contribution in [0.1, 0.15) is 25.3 Å². The van der Waals surface area contributed by atoms with E-state index in [1.165, 1.54) is 0 Å². The molecule has 2 rings (SSSR count). The predicted molar refractivity (Wildman–Crippen MR) is 76.4 cm³/mol. The molecule has 1 unspecified atom stereocenters. The fourth-order valence-corrected chi connectivity index (χ4v) is 2.68. The summed E-state index contributed by atoms with van der Waals surface area (Å²) in [6.07, 6.45) is 1.57. The number of carbonyl (C=O) groups is 2. The van der Waals surface area contributed by atoms with Gasteiger partial charge in [-0.05, 0) is 18.1 Å². The number of piperazine rings is 1. The van der Waals surface area contributed by atoms with Gasteiger partial charge in [0.25, 0.3) is 0 Å². The van der Waals surface area contributed by atoms with Gasteiger partial charge in [0.05, 0.1) is 6.54 Å². The second-order valence-corrected chi connectivity index (χ2v) is 5.49. The van der Waals surface area contributed by atoms with Gasteiger partial charge in [0.15, 0.2) is 0 Å². The summed E-state index contributed by atoms with van der Waals surface area (Å²) in [5, 5.41) is 2.66. The van der Waals surface area contributed by atoms with Crippen LogP contribution in [-0.4, -0.2) is 29.3 Å². The van der Waals surface area contributed by atoms with E-state index in [0.717, 1.165) is 16.5 Å². The van der Waals surface area contributed by atoms with Crippen molar-refractivity contribution in [2.75, 3.05) is 6.54 Å². The molecule has 0 aromatic heterocycles. The molecular weight excluding hydrogens is 308 g/mol. The Balaban J connectivity index is 2.21. The average molecular weight is 325 g/mol. The average Bonchev–Trinajstić information content (AvgIpc) is 2.40. The molecule has 4 nitrogen and oxygen atoms in total. The van der Waals surface area contributed by atoms with Crippen LogP contribution in [0.25, 0.3) is 0 Å². The third-order valence-electron chi connectivity index (χ3n) is 3.27. The Hall–Kier alpha value is -1.36. The first-order chi connectivity index (χ1) is 9.13. The molecule has 1 aliphatic heterocycles. The van der Waals surface area contributed by atoms with E-state index < -0.39 is 0 Å². The molecule has 0 bridgehead atoms. The molecule has 1 aromatic carbocycles. The molecule has 102 valence electrons. The zero-order valence-electron chi connectivity index (χ0n) is 10.9. The van der Waals surface area contributed by atoms with Crippen LogP contribution in [-0.2, 0) is 16.1 Å². The summed E-state index contributed by atoms with van der Waals surface area (Å²) in [6, 6.07) is 7.43. The van der Waals surface area contributed by atoms with Gasteiger partial charge in [0, 0.05) is 11.0 Å². The summed E-state index contributed by atoms with van der Waals surface area (Å²) < 4.78 is 0.962. The second-order valence-electron chi connectivity index (χ2n) is 4.64. The first-order valence-corrected chi connectivity index (χ1v) is 7.23. The van der Waals surface area contributed by atoms with Gasteiger partial charge < -0.3 is 10.2 Å². The lowest BCUT2D eigenvalue weighted by atomic mass is 10.1. The monoisotopic (exact) mass is 324 g/mol. The number of carbonyl (C=O) groups excluding carboxylic acids is 2. The minimum absolute atomic E-state index is 0.0196. The normalized spacial score (nSPS) is 19.5. The van der Waals surface area contributed by atoms with Crippen molar-refractivity contribution in [3.63, 3.8) is 0 Å². The van der Waals surface area contributed by atoms with Crippen LogP contribution in [0.5, 0.6) is 0 Å². The van der Waals surface area contributed by atoms with Gasteiger partial charge in [-0.2, -0.15) is 0 Å². The number of hydrogen-bond donors (Lipinski definition) is 1. The molecule has 1 heterocycles. The fraction of sp³-hybridized carbons (Fsp3) is 0.429. The number of nitrogens with one attached hydrogen (secondary N) is 1. The van der Waals surface area contributed by atoms with E-state index in [1.807, 2.05) is 31.2 Å². The summed E-state index contributed by atoms with van der Waals surface area (Å²) in [6.45, 7) is 2.59. The topological polar surface area (TPSA) is 49.4 Å². The first kappa shape index (κ1) is 14.1. The van der Waals surface area contributed by atoms with E-state index in [0.29, 0.717) is 13.0 Å². The maximum absolute atomic E-state index is 12.0. The summed E-state index contributed by atoms with van der Waals surface area (Å²) in [7, 11) is 0. The molecule has 1 fully saturated rings. The number of amides is 2. The van der Waals surface area contributed by atoms with Gasteiger partial charge in [0.1, 0.15) is 6.04 Å². The van der Waals surface area contributed by atoms with Gasteiger partial charge in [-0.25, -0.2) is 0 Å². The number of rotatable bonds is 4. The molecule has 1 aliphatic rings. The third kappa shape index (κ3) is 3.15. The van der Waals surface area contributed by atoms with Crippen molar-refractivity contribution in [2.45, 2.75) is 32.4 Å². The van der Waals surface area contributed by atoms with Crippen LogP contribution in [0.3, 0.4) is 0 Å². The van der Waals surface area contributed by atoms with Crippen molar-refractivity contribution >= 4 is 27.7 Å². The number of benzene rings is 1. The van der Waals surface area contributed by atoms with E-state index in [4.69, 9.17) is 0 Å². The van der Waals surface area contributed by atoms with Crippen molar-refractivity contribution < 1.29 is 9.59 Å². The van der Waals surface area contributed by atoms with Crippen molar-refractivity contribution in [3.8, 4) is 0 Å². The van der Waals surface area contributed by atoms with Crippen molar-refractivity contribution in [1.29, 1.82) is 0 Å². The quantitative estimate of drug-likeness (QED) is 0.921. The van der Waals surface area contributed by atoms with Crippen LogP contribution in [0, 0.1) is 0 Å². The molecular formula is C14H17BrN2O2. The van der Waals surface area contributed by atoms with Gasteiger partial charge in [-0.15, -0.1) is 0 Å². The standard InChI is InChI=1S/C14H17BrN2O2/c1-2-5-12-14(19)16-8-13(18)17(12)9-10-6-3-4-7-11(10)15/h3-4,6-7,12H,2,5,8-9H2,1H3,(H,16,19). The maximum Gasteiger partial charge on any atom is 0.243 e. The first-order valence-electron chi connectivity index (χ1n) is 6.44. The molecule has 1 aromatic rings. The summed E-state index contributed by atoms with van der Waals surface area (Å²) in [4.78, 5) is 25.6. The van der Waals surface area contributed by atoms with Crippen molar-refractivity contribution in [3.05, 3.63) is 34.3 Å². The fourth-order valence-electron chi connectivity index (χ4n) is 2.27. The molecule has 19 heavy (non-hydrogen) atoms. The Labute approximate surface area is 121 Å². The van der Waals surface area contributed by atoms with Crippen LogP contribution in [0.15, 0.2) is 28.7 Å². The molecule has 0 spiro atoms. The summed E-state index contributed by atoms with van der Waals surface area (Å²) in [5.74, 6) is -0.0673. The highest BCUT2D eigenvalue weighted by Gasteiger charge is 2.33. The summed E-state index contributed by atoms with van der Waals surface area (Å²) >= 11 is 3.48. The van der Waals surface area contributed by atoms with E-state index in [2.05, 4.69) is 21.2 Å². The van der Waals surface area contributed by atoms with E-state index >= 15 is 0 Å². The van der Waals surface area contributed by atoms with Gasteiger partial charge in [-0.1, -0.05) is 47.5 Å². The lowest BCUT2D eigenvalue weighted by Crippen LogP contribution is -2.57. The highest BCUT2D eigenvalue weighted by atomic mass is 79.9. The highest BCUT2D eigenvalue weighted by Crippen LogP contribution is 2.21. The highest BCUT2D eigenvalue weighted by molar-refractivity contribution is 9.10. The number of nitrogens with zero attached hydrogens (tertiary/aromatic N) is 1. The maximum atomic E-state index is 12.0. The third-order valence-corrected chi connectivity index (χ3v) is 4.05. The van der Waals surface area contributed by atoms with Crippen LogP contribution < -0.4 is 5.32 Å². The van der Waals surface area contributed by atoms with Crippen molar-refractivity contribution in [2.24, 2.45) is 0 Å². The van der Waals surface area contributed by atoms with Gasteiger partial charge >= 0.3 is 0 Å². The Kier molecular flexibility index (Phi) is 4.58. The van der Waals surface area contributed by atoms with E-state index in [-0.39, 0.29) is 24.4 Å².